The van der Waals surface area contributed by atoms with Crippen LogP contribution in [-0.2, 0) is 20.7 Å². The number of carbonyl (C=O) groups excluding carboxylic acids is 2. The van der Waals surface area contributed by atoms with Crippen LogP contribution in [0, 0.1) is 5.92 Å². The summed E-state index contributed by atoms with van der Waals surface area (Å²) in [6.07, 6.45) is 7.38. The molecule has 3 heterocycles. The molecule has 0 aliphatic carbocycles. The van der Waals surface area contributed by atoms with Gasteiger partial charge in [0.05, 0.1) is 12.0 Å². The summed E-state index contributed by atoms with van der Waals surface area (Å²) in [6, 6.07) is 7.46. The third kappa shape index (κ3) is 4.95. The van der Waals surface area contributed by atoms with Crippen molar-refractivity contribution in [3.63, 3.8) is 0 Å². The van der Waals surface area contributed by atoms with E-state index < -0.39 is 0 Å². The largest absolute Gasteiger partial charge is 0.375 e. The number of carbonyl (C=O) groups is 2. The molecule has 1 spiro atoms. The van der Waals surface area contributed by atoms with Crippen molar-refractivity contribution in [2.45, 2.75) is 57.0 Å². The van der Waals surface area contributed by atoms with E-state index in [-0.39, 0.29) is 23.3 Å². The zero-order chi connectivity index (χ0) is 20.3. The molecule has 3 aliphatic rings. The van der Waals surface area contributed by atoms with Crippen molar-refractivity contribution in [3.8, 4) is 0 Å². The van der Waals surface area contributed by atoms with Crippen LogP contribution in [0.25, 0.3) is 0 Å². The normalized spacial score (nSPS) is 22.7. The van der Waals surface area contributed by atoms with Gasteiger partial charge in [0.2, 0.25) is 11.8 Å². The molecule has 0 N–H and O–H groups in total. The monoisotopic (exact) mass is 418 g/mol. The summed E-state index contributed by atoms with van der Waals surface area (Å²) >= 11 is 6.01. The van der Waals surface area contributed by atoms with Gasteiger partial charge >= 0.3 is 0 Å². The molecule has 4 rings (SSSR count). The van der Waals surface area contributed by atoms with E-state index in [9.17, 15) is 9.59 Å². The number of hydrogen-bond acceptors (Lipinski definition) is 3. The van der Waals surface area contributed by atoms with Gasteiger partial charge in [0.25, 0.3) is 0 Å². The number of ether oxygens (including phenoxy) is 1. The number of halogens is 1. The number of nitrogens with zero attached hydrogens (tertiary/aromatic N) is 2. The topological polar surface area (TPSA) is 49.9 Å². The second-order valence-corrected chi connectivity index (χ2v) is 9.21. The van der Waals surface area contributed by atoms with Gasteiger partial charge < -0.3 is 14.5 Å². The van der Waals surface area contributed by atoms with Gasteiger partial charge in [-0.2, -0.15) is 0 Å². The van der Waals surface area contributed by atoms with Gasteiger partial charge in [0.15, 0.2) is 0 Å². The molecule has 2 amide bonds. The van der Waals surface area contributed by atoms with Crippen LogP contribution in [0.4, 0.5) is 0 Å². The summed E-state index contributed by atoms with van der Waals surface area (Å²) in [5, 5.41) is 0.654. The highest BCUT2D eigenvalue weighted by molar-refractivity contribution is 6.30. The van der Waals surface area contributed by atoms with Gasteiger partial charge in [-0.1, -0.05) is 23.7 Å². The van der Waals surface area contributed by atoms with E-state index >= 15 is 0 Å². The summed E-state index contributed by atoms with van der Waals surface area (Å²) in [7, 11) is 0. The lowest BCUT2D eigenvalue weighted by Crippen LogP contribution is -2.52. The Balaban J connectivity index is 1.24. The number of amides is 2. The van der Waals surface area contributed by atoms with Crippen LogP contribution >= 0.6 is 11.6 Å². The van der Waals surface area contributed by atoms with Crippen molar-refractivity contribution in [2.75, 3.05) is 32.8 Å². The Morgan fingerprint density at radius 2 is 1.79 bits per heavy atom. The third-order valence-corrected chi connectivity index (χ3v) is 7.10. The van der Waals surface area contributed by atoms with Gasteiger partial charge in [0, 0.05) is 43.7 Å². The van der Waals surface area contributed by atoms with E-state index in [4.69, 9.17) is 16.3 Å². The molecule has 3 aliphatic heterocycles. The van der Waals surface area contributed by atoms with Gasteiger partial charge in [0.1, 0.15) is 0 Å². The molecule has 1 aromatic rings. The second-order valence-electron chi connectivity index (χ2n) is 8.78. The predicted octanol–water partition coefficient (Wildman–Crippen LogP) is 3.68. The minimum atomic E-state index is 0.0329. The van der Waals surface area contributed by atoms with Crippen molar-refractivity contribution < 1.29 is 14.3 Å². The maximum absolute atomic E-state index is 13.0. The number of rotatable bonds is 3. The van der Waals surface area contributed by atoms with Crippen LogP contribution < -0.4 is 0 Å². The number of hydrogen-bond donors (Lipinski definition) is 0. The van der Waals surface area contributed by atoms with Crippen molar-refractivity contribution >= 4 is 23.4 Å². The summed E-state index contributed by atoms with van der Waals surface area (Å²) in [4.78, 5) is 29.5. The molecule has 1 aromatic carbocycles. The molecule has 0 bridgehead atoms. The van der Waals surface area contributed by atoms with E-state index in [2.05, 4.69) is 0 Å². The van der Waals surface area contributed by atoms with Crippen LogP contribution in [-0.4, -0.2) is 60.0 Å². The van der Waals surface area contributed by atoms with Crippen LogP contribution in [0.2, 0.25) is 5.02 Å². The zero-order valence-corrected chi connectivity index (χ0v) is 17.8. The standard InChI is InChI=1S/C23H31ClN2O3/c24-20-5-3-4-18(16-20)17-21(27)25-11-6-19(7-12-25)22(28)26-13-9-23(10-14-26)8-1-2-15-29-23/h3-5,16,19H,1-2,6-15,17H2. The highest BCUT2D eigenvalue weighted by atomic mass is 35.5. The van der Waals surface area contributed by atoms with Crippen molar-refractivity contribution in [3.05, 3.63) is 34.9 Å². The minimum absolute atomic E-state index is 0.0329. The molecule has 0 atom stereocenters. The Morgan fingerprint density at radius 1 is 1.03 bits per heavy atom. The van der Waals surface area contributed by atoms with E-state index in [1.165, 1.54) is 12.8 Å². The lowest BCUT2D eigenvalue weighted by molar-refractivity contribution is -0.149. The Morgan fingerprint density at radius 3 is 2.45 bits per heavy atom. The van der Waals surface area contributed by atoms with Gasteiger partial charge in [-0.15, -0.1) is 0 Å². The highest BCUT2D eigenvalue weighted by Gasteiger charge is 2.39. The fraction of sp³-hybridized carbons (Fsp3) is 0.652. The average Bonchev–Trinajstić information content (AvgIpc) is 2.74. The Labute approximate surface area is 178 Å². The van der Waals surface area contributed by atoms with Crippen molar-refractivity contribution in [2.24, 2.45) is 5.92 Å². The quantitative estimate of drug-likeness (QED) is 0.752. The van der Waals surface area contributed by atoms with Crippen molar-refractivity contribution in [1.82, 2.24) is 9.80 Å². The summed E-state index contributed by atoms with van der Waals surface area (Å²) in [5.74, 6) is 0.441. The first kappa shape index (κ1) is 20.7. The van der Waals surface area contributed by atoms with Gasteiger partial charge in [-0.05, 0) is 62.6 Å². The Kier molecular flexibility index (Phi) is 6.45. The maximum atomic E-state index is 13.0. The van der Waals surface area contributed by atoms with Crippen LogP contribution in [0.5, 0.6) is 0 Å². The lowest BCUT2D eigenvalue weighted by atomic mass is 9.84. The number of benzene rings is 1. The molecule has 0 unspecified atom stereocenters. The molecular formula is C23H31ClN2O3. The number of likely N-dealkylation sites (tertiary alicyclic amines) is 2. The van der Waals surface area contributed by atoms with Gasteiger partial charge in [-0.3, -0.25) is 9.59 Å². The lowest BCUT2D eigenvalue weighted by Gasteiger charge is -2.45. The van der Waals surface area contributed by atoms with Crippen LogP contribution in [0.15, 0.2) is 24.3 Å². The molecule has 6 heteroatoms. The molecular weight excluding hydrogens is 388 g/mol. The smallest absolute Gasteiger partial charge is 0.226 e. The van der Waals surface area contributed by atoms with Crippen LogP contribution in [0.1, 0.15) is 50.5 Å². The summed E-state index contributed by atoms with van der Waals surface area (Å²) in [6.45, 7) is 3.82. The Bertz CT molecular complexity index is 729. The molecule has 0 radical (unpaired) electrons. The van der Waals surface area contributed by atoms with E-state index in [1.807, 2.05) is 34.1 Å². The average molecular weight is 419 g/mol. The van der Waals surface area contributed by atoms with E-state index in [0.717, 1.165) is 57.4 Å². The van der Waals surface area contributed by atoms with E-state index in [0.29, 0.717) is 24.5 Å². The minimum Gasteiger partial charge on any atom is -0.375 e. The molecule has 158 valence electrons. The molecule has 5 nitrogen and oxygen atoms in total. The second kappa shape index (κ2) is 9.05. The van der Waals surface area contributed by atoms with E-state index in [1.54, 1.807) is 0 Å². The van der Waals surface area contributed by atoms with Gasteiger partial charge in [-0.25, -0.2) is 0 Å². The molecule has 0 aromatic heterocycles. The molecule has 0 saturated carbocycles. The third-order valence-electron chi connectivity index (χ3n) is 6.86. The molecule has 29 heavy (non-hydrogen) atoms. The SMILES string of the molecule is O=C(Cc1cccc(Cl)c1)N1CCC(C(=O)N2CCC3(CCCCO3)CC2)CC1. The molecule has 3 saturated heterocycles. The number of piperidine rings is 2. The first-order valence-electron chi connectivity index (χ1n) is 11.0. The maximum Gasteiger partial charge on any atom is 0.226 e. The van der Waals surface area contributed by atoms with Crippen molar-refractivity contribution in [1.29, 1.82) is 0 Å². The zero-order valence-electron chi connectivity index (χ0n) is 17.1. The highest BCUT2D eigenvalue weighted by Crippen LogP contribution is 2.35. The summed E-state index contributed by atoms with van der Waals surface area (Å²) in [5.41, 5.74) is 0.971. The first-order chi connectivity index (χ1) is 14.0. The van der Waals surface area contributed by atoms with Crippen LogP contribution in [0.3, 0.4) is 0 Å². The Hall–Kier alpha value is -1.59. The summed E-state index contributed by atoms with van der Waals surface area (Å²) < 4.78 is 6.09. The predicted molar refractivity (Wildman–Crippen MR) is 113 cm³/mol. The fourth-order valence-corrected chi connectivity index (χ4v) is 5.22. The fourth-order valence-electron chi connectivity index (χ4n) is 5.01. The first-order valence-corrected chi connectivity index (χ1v) is 11.4. The molecule has 3 fully saturated rings.